The molecule has 7 nitrogen and oxygen atoms in total. The van der Waals surface area contributed by atoms with Crippen molar-refractivity contribution in [3.63, 3.8) is 0 Å². The second-order valence-electron chi connectivity index (χ2n) is 7.79. The standard InChI is InChI=1S/C20H17F3N2O5/c1-9(26)29-13-8-18(2)14-15(19(13,3)30-18)17(28)25(16(14)27)10-5-6-12(24-4)11(7-10)20(21,22)23/h5-7,13,27-28H,8H2,1-3H3/t13-,18?,19?/m0/s1. The predicted octanol–water partition coefficient (Wildman–Crippen LogP) is 4.25. The minimum Gasteiger partial charge on any atom is -0.494 e. The van der Waals surface area contributed by atoms with Gasteiger partial charge in [-0.15, -0.1) is 0 Å². The van der Waals surface area contributed by atoms with Crippen molar-refractivity contribution in [1.82, 2.24) is 4.57 Å². The van der Waals surface area contributed by atoms with Gasteiger partial charge in [-0.05, 0) is 26.0 Å². The van der Waals surface area contributed by atoms with Gasteiger partial charge < -0.3 is 19.7 Å². The second-order valence-corrected chi connectivity index (χ2v) is 7.79. The first-order chi connectivity index (χ1) is 13.8. The van der Waals surface area contributed by atoms with Crippen molar-refractivity contribution in [3.05, 3.63) is 46.3 Å². The highest BCUT2D eigenvalue weighted by Crippen LogP contribution is 2.65. The van der Waals surface area contributed by atoms with Crippen molar-refractivity contribution in [2.45, 2.75) is 50.7 Å². The highest BCUT2D eigenvalue weighted by Gasteiger charge is 2.66. The van der Waals surface area contributed by atoms with Gasteiger partial charge in [0.1, 0.15) is 17.3 Å². The summed E-state index contributed by atoms with van der Waals surface area (Å²) in [5.74, 6) is -1.54. The SMILES string of the molecule is [C-]#[N+]c1ccc(-n2c(O)c3c(c2O)C2(C)OC3(C)C[C@@H]2OC(C)=O)cc1C(F)(F)F. The fourth-order valence-electron chi connectivity index (χ4n) is 4.59. The Kier molecular flexibility index (Phi) is 3.96. The molecule has 2 unspecified atom stereocenters. The van der Waals surface area contributed by atoms with Gasteiger partial charge in [-0.25, -0.2) is 4.85 Å². The fraction of sp³-hybridized carbons (Fsp3) is 0.400. The maximum Gasteiger partial charge on any atom is 0.407 e. The number of carbonyl (C=O) groups excluding carboxylic acids is 1. The average Bonchev–Trinajstić information content (AvgIpc) is 3.14. The van der Waals surface area contributed by atoms with Crippen LogP contribution in [0.5, 0.6) is 11.8 Å². The number of hydrogen-bond donors (Lipinski definition) is 2. The number of carbonyl (C=O) groups is 1. The van der Waals surface area contributed by atoms with Gasteiger partial charge in [0.05, 0.1) is 28.9 Å². The van der Waals surface area contributed by atoms with Crippen LogP contribution in [0.15, 0.2) is 18.2 Å². The molecule has 1 fully saturated rings. The Bertz CT molecular complexity index is 1130. The molecule has 10 heteroatoms. The van der Waals surface area contributed by atoms with Crippen LogP contribution in [-0.2, 0) is 31.6 Å². The van der Waals surface area contributed by atoms with E-state index in [4.69, 9.17) is 16.0 Å². The van der Waals surface area contributed by atoms with Crippen molar-refractivity contribution in [3.8, 4) is 17.4 Å². The van der Waals surface area contributed by atoms with E-state index in [0.29, 0.717) is 6.07 Å². The lowest BCUT2D eigenvalue weighted by molar-refractivity contribution is -0.157. The van der Waals surface area contributed by atoms with Crippen LogP contribution >= 0.6 is 0 Å². The van der Waals surface area contributed by atoms with Crippen molar-refractivity contribution < 1.29 is 37.7 Å². The zero-order valence-corrected chi connectivity index (χ0v) is 16.2. The summed E-state index contributed by atoms with van der Waals surface area (Å²) in [4.78, 5) is 14.4. The molecule has 0 radical (unpaired) electrons. The van der Waals surface area contributed by atoms with Crippen LogP contribution in [0.4, 0.5) is 18.9 Å². The van der Waals surface area contributed by atoms with Crippen molar-refractivity contribution in [2.24, 2.45) is 0 Å². The molecule has 158 valence electrons. The van der Waals surface area contributed by atoms with Crippen LogP contribution in [-0.4, -0.2) is 26.9 Å². The third-order valence-electron chi connectivity index (χ3n) is 5.75. The molecular formula is C20H17F3N2O5. The highest BCUT2D eigenvalue weighted by molar-refractivity contribution is 5.68. The summed E-state index contributed by atoms with van der Waals surface area (Å²) in [7, 11) is 0. The maximum atomic E-state index is 13.4. The number of ether oxygens (including phenoxy) is 2. The molecule has 0 amide bonds. The quantitative estimate of drug-likeness (QED) is 0.558. The minimum absolute atomic E-state index is 0.155. The number of alkyl halides is 3. The fourth-order valence-corrected chi connectivity index (χ4v) is 4.59. The van der Waals surface area contributed by atoms with Crippen LogP contribution in [0, 0.1) is 6.57 Å². The van der Waals surface area contributed by atoms with Gasteiger partial charge in [-0.3, -0.25) is 9.36 Å². The summed E-state index contributed by atoms with van der Waals surface area (Å²) in [6.07, 6.45) is -5.33. The molecule has 2 aliphatic heterocycles. The number of benzene rings is 1. The molecule has 3 atom stereocenters. The van der Waals surface area contributed by atoms with E-state index < -0.39 is 52.5 Å². The summed E-state index contributed by atoms with van der Waals surface area (Å²) in [6, 6.07) is 2.87. The monoisotopic (exact) mass is 422 g/mol. The first-order valence-electron chi connectivity index (χ1n) is 8.97. The molecule has 1 saturated heterocycles. The lowest BCUT2D eigenvalue weighted by atomic mass is 9.78. The number of halogens is 3. The molecule has 2 aliphatic rings. The summed E-state index contributed by atoms with van der Waals surface area (Å²) in [5, 5.41) is 21.7. The molecule has 1 aromatic heterocycles. The predicted molar refractivity (Wildman–Crippen MR) is 96.3 cm³/mol. The van der Waals surface area contributed by atoms with E-state index in [0.717, 1.165) is 10.6 Å². The third-order valence-corrected chi connectivity index (χ3v) is 5.75. The Balaban J connectivity index is 1.92. The van der Waals surface area contributed by atoms with Crippen LogP contribution < -0.4 is 0 Å². The van der Waals surface area contributed by atoms with Crippen molar-refractivity contribution in [2.75, 3.05) is 0 Å². The van der Waals surface area contributed by atoms with Gasteiger partial charge in [0.15, 0.2) is 5.69 Å². The van der Waals surface area contributed by atoms with Crippen LogP contribution in [0.2, 0.25) is 0 Å². The number of hydrogen-bond acceptors (Lipinski definition) is 5. The molecular weight excluding hydrogens is 405 g/mol. The Morgan fingerprint density at radius 2 is 1.93 bits per heavy atom. The molecule has 0 aliphatic carbocycles. The van der Waals surface area contributed by atoms with E-state index in [-0.39, 0.29) is 23.2 Å². The van der Waals surface area contributed by atoms with Crippen LogP contribution in [0.3, 0.4) is 0 Å². The normalized spacial score (nSPS) is 27.0. The van der Waals surface area contributed by atoms with Gasteiger partial charge in [-0.1, -0.05) is 6.07 Å². The van der Waals surface area contributed by atoms with E-state index in [1.54, 1.807) is 13.8 Å². The molecule has 30 heavy (non-hydrogen) atoms. The number of nitrogens with zero attached hydrogens (tertiary/aromatic N) is 2. The first-order valence-corrected chi connectivity index (χ1v) is 8.97. The van der Waals surface area contributed by atoms with E-state index in [2.05, 4.69) is 4.85 Å². The Morgan fingerprint density at radius 1 is 1.30 bits per heavy atom. The third kappa shape index (κ3) is 2.51. The molecule has 2 aromatic rings. The Hall–Kier alpha value is -3.19. The van der Waals surface area contributed by atoms with Crippen molar-refractivity contribution >= 4 is 11.7 Å². The number of aromatic hydroxyl groups is 2. The van der Waals surface area contributed by atoms with Crippen LogP contribution in [0.25, 0.3) is 10.5 Å². The average molecular weight is 422 g/mol. The number of fused-ring (bicyclic) bond motifs is 5. The van der Waals surface area contributed by atoms with E-state index in [1.165, 1.54) is 13.0 Å². The number of esters is 1. The Labute approximate surface area is 169 Å². The maximum absolute atomic E-state index is 13.4. The van der Waals surface area contributed by atoms with Gasteiger partial charge in [-0.2, -0.15) is 13.2 Å². The molecule has 2 N–H and O–H groups in total. The smallest absolute Gasteiger partial charge is 0.407 e. The summed E-state index contributed by atoms with van der Waals surface area (Å²) >= 11 is 0. The number of rotatable bonds is 2. The van der Waals surface area contributed by atoms with Crippen molar-refractivity contribution in [1.29, 1.82) is 0 Å². The lowest BCUT2D eigenvalue weighted by Gasteiger charge is -2.28. The first kappa shape index (κ1) is 20.1. The number of aromatic nitrogens is 1. The second kappa shape index (κ2) is 5.92. The molecule has 4 rings (SSSR count). The van der Waals surface area contributed by atoms with E-state index in [1.807, 2.05) is 0 Å². The van der Waals surface area contributed by atoms with Gasteiger partial charge in [0.2, 0.25) is 11.8 Å². The minimum atomic E-state index is -4.79. The topological polar surface area (TPSA) is 85.3 Å². The van der Waals surface area contributed by atoms with Gasteiger partial charge in [0, 0.05) is 13.3 Å². The van der Waals surface area contributed by atoms with E-state index in [9.17, 15) is 28.2 Å². The zero-order chi connectivity index (χ0) is 22.2. The molecule has 1 aromatic carbocycles. The molecule has 3 heterocycles. The zero-order valence-electron chi connectivity index (χ0n) is 16.2. The highest BCUT2D eigenvalue weighted by atomic mass is 19.4. The summed E-state index contributed by atoms with van der Waals surface area (Å²) in [6.45, 7) is 11.4. The molecule has 0 saturated carbocycles. The Morgan fingerprint density at radius 3 is 2.50 bits per heavy atom. The van der Waals surface area contributed by atoms with Gasteiger partial charge >= 0.3 is 12.1 Å². The largest absolute Gasteiger partial charge is 0.494 e. The lowest BCUT2D eigenvalue weighted by Crippen LogP contribution is -2.36. The van der Waals surface area contributed by atoms with Gasteiger partial charge in [0.25, 0.3) is 0 Å². The summed E-state index contributed by atoms with van der Waals surface area (Å²) < 4.78 is 52.3. The molecule has 0 spiro atoms. The summed E-state index contributed by atoms with van der Waals surface area (Å²) in [5.41, 5.74) is -3.96. The molecule has 2 bridgehead atoms. The van der Waals surface area contributed by atoms with E-state index >= 15 is 0 Å². The van der Waals surface area contributed by atoms with Crippen LogP contribution in [0.1, 0.15) is 43.9 Å².